The smallest absolute Gasteiger partial charge is 0.195 e. The second-order valence-corrected chi connectivity index (χ2v) is 5.41. The third-order valence-corrected chi connectivity index (χ3v) is 3.39. The predicted molar refractivity (Wildman–Crippen MR) is 116 cm³/mol. The summed E-state index contributed by atoms with van der Waals surface area (Å²) in [6.45, 7) is 5.63. The van der Waals surface area contributed by atoms with Crippen LogP contribution in [0, 0.1) is 0 Å². The quantitative estimate of drug-likeness (QED) is 0.240. The van der Waals surface area contributed by atoms with Crippen LogP contribution in [0.3, 0.4) is 0 Å². The molecule has 1 aromatic heterocycles. The minimum atomic E-state index is 0. The van der Waals surface area contributed by atoms with Crippen LogP contribution < -0.4 is 15.4 Å². The lowest BCUT2D eigenvalue weighted by Crippen LogP contribution is -2.31. The van der Waals surface area contributed by atoms with Gasteiger partial charge in [-0.25, -0.2) is 4.98 Å². The number of halogens is 1. The van der Waals surface area contributed by atoms with Crippen molar-refractivity contribution in [1.82, 2.24) is 14.9 Å². The Labute approximate surface area is 172 Å². The fraction of sp³-hybridized carbons (Fsp3) is 0.444. The first-order valence-electron chi connectivity index (χ1n) is 8.54. The van der Waals surface area contributed by atoms with Gasteiger partial charge in [0.1, 0.15) is 5.75 Å². The lowest BCUT2D eigenvalue weighted by molar-refractivity contribution is 0.172. The van der Waals surface area contributed by atoms with Gasteiger partial charge in [0.05, 0.1) is 19.5 Å². The summed E-state index contributed by atoms with van der Waals surface area (Å²) in [5.41, 5.74) is 0.937. The van der Waals surface area contributed by atoms with Crippen LogP contribution in [0.4, 0.5) is 5.69 Å². The normalized spacial score (nSPS) is 10.9. The molecule has 0 aliphatic rings. The molecule has 0 spiro atoms. The molecule has 1 heterocycles. The number of guanidine groups is 1. The number of nitrogens with one attached hydrogen (secondary N) is 2. The summed E-state index contributed by atoms with van der Waals surface area (Å²) < 4.78 is 12.8. The van der Waals surface area contributed by atoms with Crippen molar-refractivity contribution in [2.45, 2.75) is 19.9 Å². The molecule has 26 heavy (non-hydrogen) atoms. The second-order valence-electron chi connectivity index (χ2n) is 5.41. The van der Waals surface area contributed by atoms with E-state index < -0.39 is 0 Å². The largest absolute Gasteiger partial charge is 0.493 e. The van der Waals surface area contributed by atoms with Crippen molar-refractivity contribution >= 4 is 35.6 Å². The minimum absolute atomic E-state index is 0. The zero-order chi connectivity index (χ0) is 17.7. The van der Waals surface area contributed by atoms with Gasteiger partial charge in [-0.2, -0.15) is 0 Å². The number of imidazole rings is 1. The van der Waals surface area contributed by atoms with Crippen molar-refractivity contribution in [3.8, 4) is 5.75 Å². The van der Waals surface area contributed by atoms with Gasteiger partial charge in [0.25, 0.3) is 0 Å². The van der Waals surface area contributed by atoms with Crippen LogP contribution in [0.2, 0.25) is 0 Å². The number of anilines is 1. The van der Waals surface area contributed by atoms with Crippen LogP contribution in [-0.2, 0) is 11.3 Å². The Bertz CT molecular complexity index is 634. The third-order valence-electron chi connectivity index (χ3n) is 3.39. The van der Waals surface area contributed by atoms with E-state index >= 15 is 0 Å². The molecule has 0 bridgehead atoms. The number of hydrogen-bond donors (Lipinski definition) is 2. The van der Waals surface area contributed by atoms with E-state index in [4.69, 9.17) is 9.47 Å². The van der Waals surface area contributed by atoms with Gasteiger partial charge in [-0.1, -0.05) is 6.07 Å². The first-order valence-corrected chi connectivity index (χ1v) is 8.54. The molecule has 0 aliphatic heterocycles. The lowest BCUT2D eigenvalue weighted by atomic mass is 10.3. The number of hydrogen-bond acceptors (Lipinski definition) is 4. The summed E-state index contributed by atoms with van der Waals surface area (Å²) in [7, 11) is 1.69. The van der Waals surface area contributed by atoms with E-state index in [1.165, 1.54) is 0 Å². The maximum atomic E-state index is 5.73. The number of ether oxygens (including phenoxy) is 2. The molecule has 0 radical (unpaired) electrons. The Morgan fingerprint density at radius 1 is 1.31 bits per heavy atom. The van der Waals surface area contributed by atoms with Crippen molar-refractivity contribution in [3.63, 3.8) is 0 Å². The van der Waals surface area contributed by atoms with Crippen molar-refractivity contribution in [1.29, 1.82) is 0 Å². The number of aliphatic imine (C=N–C) groups is 1. The van der Waals surface area contributed by atoms with E-state index in [1.54, 1.807) is 19.6 Å². The highest BCUT2D eigenvalue weighted by molar-refractivity contribution is 14.0. The molecule has 0 aliphatic carbocycles. The van der Waals surface area contributed by atoms with Gasteiger partial charge >= 0.3 is 0 Å². The van der Waals surface area contributed by atoms with Crippen molar-refractivity contribution in [3.05, 3.63) is 43.0 Å². The topological polar surface area (TPSA) is 72.7 Å². The summed E-state index contributed by atoms with van der Waals surface area (Å²) in [5, 5.41) is 6.56. The van der Waals surface area contributed by atoms with Gasteiger partial charge in [-0.15, -0.1) is 24.0 Å². The maximum absolute atomic E-state index is 5.73. The summed E-state index contributed by atoms with van der Waals surface area (Å²) in [4.78, 5) is 8.62. The monoisotopic (exact) mass is 473 g/mol. The lowest BCUT2D eigenvalue weighted by Gasteiger charge is -2.13. The summed E-state index contributed by atoms with van der Waals surface area (Å²) >= 11 is 0. The fourth-order valence-corrected chi connectivity index (χ4v) is 2.20. The molecule has 2 rings (SSSR count). The van der Waals surface area contributed by atoms with Gasteiger partial charge in [0.15, 0.2) is 5.96 Å². The molecule has 0 fully saturated rings. The molecule has 1 aromatic carbocycles. The highest BCUT2D eigenvalue weighted by Gasteiger charge is 2.01. The second kappa shape index (κ2) is 13.4. The van der Waals surface area contributed by atoms with E-state index in [0.717, 1.165) is 36.9 Å². The van der Waals surface area contributed by atoms with Gasteiger partial charge in [-0.05, 0) is 19.1 Å². The Kier molecular flexibility index (Phi) is 11.5. The Morgan fingerprint density at radius 3 is 2.92 bits per heavy atom. The van der Waals surface area contributed by atoms with Crippen LogP contribution in [0.25, 0.3) is 0 Å². The molecule has 0 atom stereocenters. The summed E-state index contributed by atoms with van der Waals surface area (Å²) in [5.74, 6) is 1.58. The molecule has 0 saturated carbocycles. The molecule has 2 aromatic rings. The van der Waals surface area contributed by atoms with Crippen molar-refractivity contribution in [2.75, 3.05) is 38.7 Å². The molecule has 0 amide bonds. The van der Waals surface area contributed by atoms with Crippen LogP contribution in [0.5, 0.6) is 5.75 Å². The Hall–Kier alpha value is -1.81. The van der Waals surface area contributed by atoms with Crippen molar-refractivity contribution in [2.24, 2.45) is 4.99 Å². The van der Waals surface area contributed by atoms with E-state index in [0.29, 0.717) is 19.8 Å². The van der Waals surface area contributed by atoms with Crippen LogP contribution in [0.15, 0.2) is 48.0 Å². The average Bonchev–Trinajstić information content (AvgIpc) is 3.13. The molecular formula is C18H28IN5O2. The molecule has 2 N–H and O–H groups in total. The zero-order valence-electron chi connectivity index (χ0n) is 15.4. The molecule has 0 unspecified atom stereocenters. The van der Waals surface area contributed by atoms with E-state index in [2.05, 4.69) is 20.6 Å². The number of aromatic nitrogens is 2. The first-order chi connectivity index (χ1) is 12.3. The standard InChI is InChI=1S/C18H27N5O2.HI/c1-3-20-18(21-9-11-23-10-8-19-15-23)22-16-6-4-7-17(14-16)25-13-5-12-24-2;/h4,6-8,10,14-15H,3,5,9,11-13H2,1-2H3,(H2,20,21,22);1H. The molecule has 8 heteroatoms. The van der Waals surface area contributed by atoms with Crippen LogP contribution in [0.1, 0.15) is 13.3 Å². The summed E-state index contributed by atoms with van der Waals surface area (Å²) in [6.07, 6.45) is 6.36. The zero-order valence-corrected chi connectivity index (χ0v) is 17.7. The number of nitrogens with zero attached hydrogens (tertiary/aromatic N) is 3. The number of rotatable bonds is 10. The molecular weight excluding hydrogens is 445 g/mol. The van der Waals surface area contributed by atoms with E-state index in [-0.39, 0.29) is 24.0 Å². The third kappa shape index (κ3) is 8.52. The molecule has 144 valence electrons. The van der Waals surface area contributed by atoms with Gasteiger partial charge in [0, 0.05) is 57.4 Å². The number of methoxy groups -OCH3 is 1. The van der Waals surface area contributed by atoms with E-state index in [9.17, 15) is 0 Å². The maximum Gasteiger partial charge on any atom is 0.195 e. The fourth-order valence-electron chi connectivity index (χ4n) is 2.20. The van der Waals surface area contributed by atoms with Crippen molar-refractivity contribution < 1.29 is 9.47 Å². The molecule has 7 nitrogen and oxygen atoms in total. The SMILES string of the molecule is CCNC(=NCCn1ccnc1)Nc1cccc(OCCCOC)c1.I. The predicted octanol–water partition coefficient (Wildman–Crippen LogP) is 2.99. The van der Waals surface area contributed by atoms with Crippen LogP contribution >= 0.6 is 24.0 Å². The highest BCUT2D eigenvalue weighted by Crippen LogP contribution is 2.17. The average molecular weight is 473 g/mol. The van der Waals surface area contributed by atoms with Gasteiger partial charge in [0.2, 0.25) is 0 Å². The Balaban J connectivity index is 0.00000338. The van der Waals surface area contributed by atoms with E-state index in [1.807, 2.05) is 42.0 Å². The van der Waals surface area contributed by atoms with Gasteiger partial charge < -0.3 is 24.7 Å². The first kappa shape index (κ1) is 22.2. The molecule has 0 saturated heterocycles. The highest BCUT2D eigenvalue weighted by atomic mass is 127. The minimum Gasteiger partial charge on any atom is -0.493 e. The van der Waals surface area contributed by atoms with Gasteiger partial charge in [-0.3, -0.25) is 4.99 Å². The number of benzene rings is 1. The summed E-state index contributed by atoms with van der Waals surface area (Å²) in [6, 6.07) is 7.87. The van der Waals surface area contributed by atoms with Crippen LogP contribution in [-0.4, -0.2) is 48.9 Å². The Morgan fingerprint density at radius 2 is 2.19 bits per heavy atom.